The summed E-state index contributed by atoms with van der Waals surface area (Å²) in [6.45, 7) is 4.56. The topological polar surface area (TPSA) is 68.1 Å². The lowest BCUT2D eigenvalue weighted by atomic mass is 9.75. The number of hydrogen-bond donors (Lipinski definition) is 1. The average molecular weight is 249 g/mol. The highest BCUT2D eigenvalue weighted by molar-refractivity contribution is 5.40. The van der Waals surface area contributed by atoms with Crippen molar-refractivity contribution in [3.63, 3.8) is 0 Å². The van der Waals surface area contributed by atoms with E-state index in [-0.39, 0.29) is 5.69 Å². The van der Waals surface area contributed by atoms with Crippen molar-refractivity contribution in [1.82, 2.24) is 4.98 Å². The Balaban J connectivity index is 1.99. The second-order valence-corrected chi connectivity index (χ2v) is 5.76. The molecule has 1 aromatic rings. The van der Waals surface area contributed by atoms with Crippen LogP contribution >= 0.6 is 0 Å². The highest BCUT2D eigenvalue weighted by atomic mass is 16.6. The quantitative estimate of drug-likeness (QED) is 0.658. The fourth-order valence-corrected chi connectivity index (χ4v) is 2.61. The first-order valence-electron chi connectivity index (χ1n) is 6.33. The standard InChI is InChI=1S/C13H19N3O2/c1-13(2)7-3-4-10(8-13)15-12-6-5-11(9-14-12)16(17)18/h5-6,9-10H,3-4,7-8H2,1-2H3,(H,14,15). The Bertz CT molecular complexity index is 428. The van der Waals surface area contributed by atoms with Gasteiger partial charge in [0.2, 0.25) is 0 Å². The molecular weight excluding hydrogens is 230 g/mol. The van der Waals surface area contributed by atoms with Crippen LogP contribution in [0.25, 0.3) is 0 Å². The third-order valence-electron chi connectivity index (χ3n) is 3.52. The van der Waals surface area contributed by atoms with Crippen molar-refractivity contribution in [2.75, 3.05) is 5.32 Å². The van der Waals surface area contributed by atoms with Crippen LogP contribution in [0.5, 0.6) is 0 Å². The second kappa shape index (κ2) is 4.92. The molecule has 0 bridgehead atoms. The zero-order valence-electron chi connectivity index (χ0n) is 10.8. The van der Waals surface area contributed by atoms with Crippen molar-refractivity contribution < 1.29 is 4.92 Å². The number of nitro groups is 1. The summed E-state index contributed by atoms with van der Waals surface area (Å²) < 4.78 is 0. The third kappa shape index (κ3) is 3.18. The van der Waals surface area contributed by atoms with Crippen LogP contribution in [-0.2, 0) is 0 Å². The lowest BCUT2D eigenvalue weighted by Crippen LogP contribution is -2.31. The van der Waals surface area contributed by atoms with E-state index in [4.69, 9.17) is 0 Å². The zero-order valence-corrected chi connectivity index (χ0v) is 10.8. The number of hydrogen-bond acceptors (Lipinski definition) is 4. The fraction of sp³-hybridized carbons (Fsp3) is 0.615. The molecule has 0 spiro atoms. The number of pyridine rings is 1. The van der Waals surface area contributed by atoms with E-state index in [0.717, 1.165) is 18.7 Å². The van der Waals surface area contributed by atoms with Crippen LogP contribution in [0.3, 0.4) is 0 Å². The van der Waals surface area contributed by atoms with Crippen LogP contribution in [0.4, 0.5) is 11.5 Å². The van der Waals surface area contributed by atoms with Gasteiger partial charge in [-0.1, -0.05) is 20.3 Å². The molecular formula is C13H19N3O2. The predicted octanol–water partition coefficient (Wildman–Crippen LogP) is 3.37. The lowest BCUT2D eigenvalue weighted by molar-refractivity contribution is -0.385. The van der Waals surface area contributed by atoms with Crippen molar-refractivity contribution in [3.8, 4) is 0 Å². The fourth-order valence-electron chi connectivity index (χ4n) is 2.61. The molecule has 1 heterocycles. The second-order valence-electron chi connectivity index (χ2n) is 5.76. The van der Waals surface area contributed by atoms with E-state index in [9.17, 15) is 10.1 Å². The van der Waals surface area contributed by atoms with Crippen molar-refractivity contribution in [2.45, 2.75) is 45.6 Å². The van der Waals surface area contributed by atoms with Gasteiger partial charge in [0.15, 0.2) is 0 Å². The Kier molecular flexibility index (Phi) is 3.50. The smallest absolute Gasteiger partial charge is 0.287 e. The van der Waals surface area contributed by atoms with Crippen LogP contribution in [0.2, 0.25) is 0 Å². The first kappa shape index (κ1) is 12.8. The third-order valence-corrected chi connectivity index (χ3v) is 3.52. The molecule has 1 aromatic heterocycles. The Morgan fingerprint density at radius 1 is 1.50 bits per heavy atom. The van der Waals surface area contributed by atoms with Gasteiger partial charge in [0.1, 0.15) is 12.0 Å². The normalized spacial score (nSPS) is 22.4. The van der Waals surface area contributed by atoms with Crippen molar-refractivity contribution >= 4 is 11.5 Å². The summed E-state index contributed by atoms with van der Waals surface area (Å²) in [5.41, 5.74) is 0.404. The Hall–Kier alpha value is -1.65. The molecule has 5 nitrogen and oxygen atoms in total. The minimum Gasteiger partial charge on any atom is -0.367 e. The van der Waals surface area contributed by atoms with E-state index in [1.807, 2.05) is 0 Å². The molecule has 0 aromatic carbocycles. The van der Waals surface area contributed by atoms with E-state index in [2.05, 4.69) is 24.1 Å². The SMILES string of the molecule is CC1(C)CCCC(Nc2ccc([N+](=O)[O-])cn2)C1. The van der Waals surface area contributed by atoms with E-state index in [1.54, 1.807) is 6.07 Å². The van der Waals surface area contributed by atoms with Crippen LogP contribution < -0.4 is 5.32 Å². The Morgan fingerprint density at radius 3 is 2.83 bits per heavy atom. The largest absolute Gasteiger partial charge is 0.367 e. The summed E-state index contributed by atoms with van der Waals surface area (Å²) in [5, 5.41) is 13.9. The minimum atomic E-state index is -0.430. The van der Waals surface area contributed by atoms with Gasteiger partial charge in [-0.05, 0) is 30.7 Å². The molecule has 1 atom stereocenters. The van der Waals surface area contributed by atoms with E-state index in [0.29, 0.717) is 11.5 Å². The van der Waals surface area contributed by atoms with Gasteiger partial charge in [0.05, 0.1) is 4.92 Å². The molecule has 0 aliphatic heterocycles. The van der Waals surface area contributed by atoms with Crippen LogP contribution in [0.15, 0.2) is 18.3 Å². The van der Waals surface area contributed by atoms with Gasteiger partial charge < -0.3 is 5.32 Å². The van der Waals surface area contributed by atoms with Crippen molar-refractivity contribution in [2.24, 2.45) is 5.41 Å². The molecule has 2 rings (SSSR count). The van der Waals surface area contributed by atoms with E-state index in [1.165, 1.54) is 25.1 Å². The summed E-state index contributed by atoms with van der Waals surface area (Å²) in [7, 11) is 0. The number of nitrogens with zero attached hydrogens (tertiary/aromatic N) is 2. The highest BCUT2D eigenvalue weighted by Gasteiger charge is 2.27. The molecule has 0 amide bonds. The molecule has 0 radical (unpaired) electrons. The number of anilines is 1. The molecule has 1 unspecified atom stereocenters. The van der Waals surface area contributed by atoms with Crippen molar-refractivity contribution in [3.05, 3.63) is 28.4 Å². The molecule has 1 aliphatic rings. The molecule has 98 valence electrons. The van der Waals surface area contributed by atoms with Gasteiger partial charge in [-0.25, -0.2) is 4.98 Å². The monoisotopic (exact) mass is 249 g/mol. The Morgan fingerprint density at radius 2 is 2.28 bits per heavy atom. The van der Waals surface area contributed by atoms with Gasteiger partial charge in [-0.2, -0.15) is 0 Å². The minimum absolute atomic E-state index is 0.0320. The molecule has 1 saturated carbocycles. The van der Waals surface area contributed by atoms with Gasteiger partial charge >= 0.3 is 0 Å². The van der Waals surface area contributed by atoms with Crippen LogP contribution in [0, 0.1) is 15.5 Å². The first-order chi connectivity index (χ1) is 8.46. The summed E-state index contributed by atoms with van der Waals surface area (Å²) in [4.78, 5) is 14.2. The summed E-state index contributed by atoms with van der Waals surface area (Å²) in [6, 6.07) is 3.59. The maximum Gasteiger partial charge on any atom is 0.287 e. The van der Waals surface area contributed by atoms with Gasteiger partial charge in [0, 0.05) is 12.1 Å². The number of aromatic nitrogens is 1. The first-order valence-corrected chi connectivity index (χ1v) is 6.33. The van der Waals surface area contributed by atoms with Crippen LogP contribution in [0.1, 0.15) is 39.5 Å². The number of nitrogens with one attached hydrogen (secondary N) is 1. The Labute approximate surface area is 107 Å². The average Bonchev–Trinajstić information content (AvgIpc) is 2.28. The summed E-state index contributed by atoms with van der Waals surface area (Å²) in [6.07, 6.45) is 6.04. The maximum absolute atomic E-state index is 10.5. The summed E-state index contributed by atoms with van der Waals surface area (Å²) in [5.74, 6) is 0.725. The molecule has 1 aliphatic carbocycles. The van der Waals surface area contributed by atoms with Gasteiger partial charge in [-0.15, -0.1) is 0 Å². The molecule has 18 heavy (non-hydrogen) atoms. The number of rotatable bonds is 3. The highest BCUT2D eigenvalue weighted by Crippen LogP contribution is 2.36. The lowest BCUT2D eigenvalue weighted by Gasteiger charge is -2.35. The molecule has 0 saturated heterocycles. The molecule has 5 heteroatoms. The van der Waals surface area contributed by atoms with Gasteiger partial charge in [-0.3, -0.25) is 10.1 Å². The molecule has 1 N–H and O–H groups in total. The molecule has 1 fully saturated rings. The zero-order chi connectivity index (χ0) is 13.2. The van der Waals surface area contributed by atoms with Gasteiger partial charge in [0.25, 0.3) is 5.69 Å². The van der Waals surface area contributed by atoms with E-state index >= 15 is 0 Å². The van der Waals surface area contributed by atoms with Crippen LogP contribution in [-0.4, -0.2) is 15.9 Å². The van der Waals surface area contributed by atoms with E-state index < -0.39 is 4.92 Å². The maximum atomic E-state index is 10.5. The van der Waals surface area contributed by atoms with Crippen molar-refractivity contribution in [1.29, 1.82) is 0 Å². The summed E-state index contributed by atoms with van der Waals surface area (Å²) >= 11 is 0. The predicted molar refractivity (Wildman–Crippen MR) is 70.6 cm³/mol.